The van der Waals surface area contributed by atoms with E-state index >= 15 is 0 Å². The summed E-state index contributed by atoms with van der Waals surface area (Å²) >= 11 is 0. The first-order valence-corrected chi connectivity index (χ1v) is 26.3. The highest BCUT2D eigenvalue weighted by molar-refractivity contribution is 7.00. The predicted molar refractivity (Wildman–Crippen MR) is 314 cm³/mol. The molecule has 0 radical (unpaired) electrons. The second kappa shape index (κ2) is 16.7. The van der Waals surface area contributed by atoms with Gasteiger partial charge in [-0.05, 0) is 144 Å². The zero-order chi connectivity index (χ0) is 51.7. The Morgan fingerprint density at radius 2 is 0.918 bits per heavy atom. The lowest BCUT2D eigenvalue weighted by atomic mass is 9.33. The molecule has 11 rings (SSSR count). The third kappa shape index (κ3) is 8.32. The minimum Gasteiger partial charge on any atom is -0.454 e. The van der Waals surface area contributed by atoms with E-state index in [-0.39, 0.29) is 33.8 Å². The number of para-hydroxylation sites is 2. The molecule has 368 valence electrons. The Labute approximate surface area is 435 Å². The number of nitrogens with zero attached hydrogens (tertiary/aromatic N) is 4. The van der Waals surface area contributed by atoms with Gasteiger partial charge in [-0.1, -0.05) is 189 Å². The first-order chi connectivity index (χ1) is 34.4. The number of fused-ring (bicyclic) bond motifs is 7. The average molecular weight is 959 g/mol. The summed E-state index contributed by atoms with van der Waals surface area (Å²) in [5.41, 5.74) is 19.2. The van der Waals surface area contributed by atoms with Gasteiger partial charge in [0.25, 0.3) is 6.71 Å². The largest absolute Gasteiger partial charge is 0.454 e. The van der Waals surface area contributed by atoms with Gasteiger partial charge in [0.15, 0.2) is 5.58 Å². The van der Waals surface area contributed by atoms with Crippen LogP contribution in [0.15, 0.2) is 162 Å². The van der Waals surface area contributed by atoms with Crippen LogP contribution in [0, 0.1) is 0 Å². The Morgan fingerprint density at radius 1 is 0.411 bits per heavy atom. The van der Waals surface area contributed by atoms with Gasteiger partial charge in [0.05, 0.1) is 5.69 Å². The minimum absolute atomic E-state index is 0.00666. The molecule has 9 aromatic rings. The lowest BCUT2D eigenvalue weighted by Gasteiger charge is -2.45. The molecular formula is C67H71BN4O. The second-order valence-corrected chi connectivity index (χ2v) is 25.9. The SMILES string of the molecule is CC(C)(C)c1ccc(N(c2ccc(C(C)(C)C)cc2)c2ccc3c(n2)N(c2cccc4c2oc2ccccc24)c2cc(C(C)(C)C)cc4c2B3c2cc(C(C)(C)C)ccc2N4c2ccc(C(C)(C)C)cc2)cc1. The van der Waals surface area contributed by atoms with Gasteiger partial charge in [-0.2, -0.15) is 0 Å². The molecule has 0 aliphatic carbocycles. The normalized spacial score (nSPS) is 13.9. The molecular weight excluding hydrogens is 888 g/mol. The molecule has 0 saturated heterocycles. The van der Waals surface area contributed by atoms with Crippen molar-refractivity contribution in [2.75, 3.05) is 14.7 Å². The van der Waals surface area contributed by atoms with E-state index < -0.39 is 0 Å². The summed E-state index contributed by atoms with van der Waals surface area (Å²) in [5, 5.41) is 2.17. The number of aromatic nitrogens is 1. The van der Waals surface area contributed by atoms with Crippen molar-refractivity contribution in [1.29, 1.82) is 0 Å². The van der Waals surface area contributed by atoms with E-state index in [1.807, 2.05) is 0 Å². The molecule has 6 heteroatoms. The van der Waals surface area contributed by atoms with Crippen LogP contribution in [0.25, 0.3) is 21.9 Å². The number of anilines is 9. The fourth-order valence-corrected chi connectivity index (χ4v) is 11.1. The molecule has 7 aromatic carbocycles. The Kier molecular flexibility index (Phi) is 11.1. The quantitative estimate of drug-likeness (QED) is 0.161. The van der Waals surface area contributed by atoms with E-state index in [9.17, 15) is 0 Å². The maximum atomic E-state index is 7.00. The zero-order valence-corrected chi connectivity index (χ0v) is 45.8. The molecule has 0 saturated carbocycles. The van der Waals surface area contributed by atoms with Gasteiger partial charge in [-0.3, -0.25) is 9.80 Å². The van der Waals surface area contributed by atoms with Crippen LogP contribution in [-0.2, 0) is 27.1 Å². The summed E-state index contributed by atoms with van der Waals surface area (Å²) in [6.07, 6.45) is 0. The number of hydrogen-bond acceptors (Lipinski definition) is 5. The lowest BCUT2D eigenvalue weighted by molar-refractivity contribution is 0.589. The van der Waals surface area contributed by atoms with Crippen molar-refractivity contribution in [3.8, 4) is 0 Å². The zero-order valence-electron chi connectivity index (χ0n) is 45.8. The van der Waals surface area contributed by atoms with E-state index in [2.05, 4.69) is 276 Å². The molecule has 4 heterocycles. The Balaban J connectivity index is 1.24. The van der Waals surface area contributed by atoms with Crippen LogP contribution in [0.5, 0.6) is 0 Å². The Morgan fingerprint density at radius 3 is 1.48 bits per heavy atom. The fourth-order valence-electron chi connectivity index (χ4n) is 11.1. The van der Waals surface area contributed by atoms with E-state index in [1.165, 1.54) is 50.1 Å². The topological polar surface area (TPSA) is 35.8 Å². The summed E-state index contributed by atoms with van der Waals surface area (Å²) in [4.78, 5) is 13.3. The van der Waals surface area contributed by atoms with Crippen molar-refractivity contribution in [2.24, 2.45) is 0 Å². The Bertz CT molecular complexity index is 3530. The second-order valence-electron chi connectivity index (χ2n) is 25.9. The lowest BCUT2D eigenvalue weighted by Crippen LogP contribution is -2.62. The summed E-state index contributed by atoms with van der Waals surface area (Å²) in [7, 11) is 0. The van der Waals surface area contributed by atoms with Crippen LogP contribution in [0.2, 0.25) is 0 Å². The van der Waals surface area contributed by atoms with Gasteiger partial charge >= 0.3 is 0 Å². The van der Waals surface area contributed by atoms with Crippen LogP contribution in [-0.4, -0.2) is 11.7 Å². The maximum Gasteiger partial charge on any atom is 0.254 e. The third-order valence-electron chi connectivity index (χ3n) is 15.5. The van der Waals surface area contributed by atoms with Crippen LogP contribution in [0.1, 0.15) is 132 Å². The van der Waals surface area contributed by atoms with Gasteiger partial charge in [0.2, 0.25) is 0 Å². The molecule has 0 unspecified atom stereocenters. The standard InChI is InChI=1S/C67H71BN4O/c1-63(2,3)42-23-30-47(31-24-42)70(48-32-25-43(26-33-48)64(4,5)6)59-38-36-52-62(69-59)72(55-21-18-20-51-50-19-16-17-22-58(50)73-61(51)55)57-41-46(67(13,14)15)40-56-60(57)68(52)53-39-45(66(10,11)12)29-37-54(53)71(56)49-34-27-44(28-35-49)65(7,8)9/h16-41H,1-15H3. The molecule has 2 aliphatic rings. The Hall–Kier alpha value is -7.05. The first-order valence-electron chi connectivity index (χ1n) is 26.3. The minimum atomic E-state index is -0.193. The first kappa shape index (κ1) is 48.2. The number of benzene rings is 7. The van der Waals surface area contributed by atoms with E-state index in [0.717, 1.165) is 67.5 Å². The van der Waals surface area contributed by atoms with Gasteiger partial charge in [-0.15, -0.1) is 0 Å². The van der Waals surface area contributed by atoms with Crippen LogP contribution < -0.4 is 31.1 Å². The van der Waals surface area contributed by atoms with E-state index in [0.29, 0.717) is 0 Å². The van der Waals surface area contributed by atoms with Crippen molar-refractivity contribution in [3.05, 3.63) is 186 Å². The van der Waals surface area contributed by atoms with Crippen LogP contribution in [0.3, 0.4) is 0 Å². The third-order valence-corrected chi connectivity index (χ3v) is 15.5. The maximum absolute atomic E-state index is 7.00. The van der Waals surface area contributed by atoms with E-state index in [4.69, 9.17) is 9.40 Å². The average Bonchev–Trinajstić information content (AvgIpc) is 3.72. The summed E-state index contributed by atoms with van der Waals surface area (Å²) in [5.74, 6) is 1.72. The van der Waals surface area contributed by atoms with Crippen molar-refractivity contribution in [3.63, 3.8) is 0 Å². The smallest absolute Gasteiger partial charge is 0.254 e. The molecule has 5 nitrogen and oxygen atoms in total. The number of furan rings is 1. The molecule has 73 heavy (non-hydrogen) atoms. The molecule has 0 spiro atoms. The molecule has 0 N–H and O–H groups in total. The van der Waals surface area contributed by atoms with Crippen molar-refractivity contribution in [2.45, 2.75) is 131 Å². The summed E-state index contributed by atoms with van der Waals surface area (Å²) in [6, 6.07) is 59.2. The van der Waals surface area contributed by atoms with Gasteiger partial charge < -0.3 is 9.32 Å². The highest BCUT2D eigenvalue weighted by Gasteiger charge is 2.46. The molecule has 2 aliphatic heterocycles. The summed E-state index contributed by atoms with van der Waals surface area (Å²) < 4.78 is 7.00. The number of pyridine rings is 1. The molecule has 0 fully saturated rings. The van der Waals surface area contributed by atoms with Crippen molar-refractivity contribution >= 4 is 96.5 Å². The number of rotatable bonds is 5. The van der Waals surface area contributed by atoms with Gasteiger partial charge in [0.1, 0.15) is 17.2 Å². The van der Waals surface area contributed by atoms with Crippen molar-refractivity contribution < 1.29 is 4.42 Å². The molecule has 2 aromatic heterocycles. The fraction of sp³-hybridized carbons (Fsp3) is 0.299. The van der Waals surface area contributed by atoms with Crippen molar-refractivity contribution in [1.82, 2.24) is 4.98 Å². The highest BCUT2D eigenvalue weighted by Crippen LogP contribution is 2.49. The molecule has 0 amide bonds. The van der Waals surface area contributed by atoms with Crippen LogP contribution in [0.4, 0.5) is 51.4 Å². The number of hydrogen-bond donors (Lipinski definition) is 0. The van der Waals surface area contributed by atoms with Gasteiger partial charge in [-0.25, -0.2) is 4.98 Å². The summed E-state index contributed by atoms with van der Waals surface area (Å²) in [6.45, 7) is 34.4. The van der Waals surface area contributed by atoms with E-state index in [1.54, 1.807) is 0 Å². The highest BCUT2D eigenvalue weighted by atomic mass is 16.3. The van der Waals surface area contributed by atoms with Crippen LogP contribution >= 0.6 is 0 Å². The molecule has 0 atom stereocenters. The molecule has 0 bridgehead atoms. The monoisotopic (exact) mass is 959 g/mol. The van der Waals surface area contributed by atoms with Gasteiger partial charge in [0, 0.05) is 44.9 Å². The predicted octanol–water partition coefficient (Wildman–Crippen LogP) is 17.0.